The molecule has 2 N–H and O–H groups in total. The van der Waals surface area contributed by atoms with E-state index >= 15 is 0 Å². The number of carbonyl (C=O) groups excluding carboxylic acids is 3. The van der Waals surface area contributed by atoms with Crippen molar-refractivity contribution < 1.29 is 19.1 Å². The van der Waals surface area contributed by atoms with Gasteiger partial charge in [0, 0.05) is 56.9 Å². The van der Waals surface area contributed by atoms with Crippen molar-refractivity contribution in [3.63, 3.8) is 0 Å². The number of amides is 3. The second-order valence-corrected chi connectivity index (χ2v) is 10.3. The highest BCUT2D eigenvalue weighted by Crippen LogP contribution is 2.29. The van der Waals surface area contributed by atoms with Crippen LogP contribution in [-0.4, -0.2) is 89.4 Å². The van der Waals surface area contributed by atoms with Crippen LogP contribution in [0.3, 0.4) is 0 Å². The second kappa shape index (κ2) is 11.3. The summed E-state index contributed by atoms with van der Waals surface area (Å²) in [4.78, 5) is 45.7. The van der Waals surface area contributed by atoms with Crippen LogP contribution in [0.5, 0.6) is 0 Å². The Kier molecular flexibility index (Phi) is 8.23. The van der Waals surface area contributed by atoms with Gasteiger partial charge in [0.25, 0.3) is 11.8 Å². The van der Waals surface area contributed by atoms with Crippen molar-refractivity contribution in [2.45, 2.75) is 50.6 Å². The lowest BCUT2D eigenvalue weighted by Gasteiger charge is -2.35. The normalized spacial score (nSPS) is 25.4. The smallest absolute Gasteiger partial charge is 0.262 e. The Labute approximate surface area is 204 Å². The number of anilines is 1. The number of hydrogen-bond donors (Lipinski definition) is 2. The standard InChI is InChI=1S/C24H33N5O4S/c1-16-14-28(15-17(2)33-16)12-9-25-22(31)18-5-7-19(8-6-18)26-21(30)13-20-23(32)27-24(34-20)29-10-3-4-11-29/h5-8,16-17,20H,3-4,9-15H2,1-2H3,(H,25,31)(H,26,30). The van der Waals surface area contributed by atoms with Gasteiger partial charge in [-0.25, -0.2) is 0 Å². The zero-order valence-corrected chi connectivity index (χ0v) is 20.6. The summed E-state index contributed by atoms with van der Waals surface area (Å²) < 4.78 is 5.74. The van der Waals surface area contributed by atoms with Crippen molar-refractivity contribution in [3.8, 4) is 0 Å². The molecule has 0 bridgehead atoms. The molecule has 1 aromatic rings. The number of carbonyl (C=O) groups is 3. The van der Waals surface area contributed by atoms with Crippen LogP contribution < -0.4 is 10.6 Å². The molecule has 0 radical (unpaired) electrons. The predicted molar refractivity (Wildman–Crippen MR) is 133 cm³/mol. The molecule has 2 saturated heterocycles. The molecule has 3 atom stereocenters. The van der Waals surface area contributed by atoms with E-state index in [2.05, 4.69) is 39.3 Å². The number of ether oxygens (including phenoxy) is 1. The first-order chi connectivity index (χ1) is 16.4. The molecule has 1 aromatic carbocycles. The van der Waals surface area contributed by atoms with Gasteiger partial charge in [-0.1, -0.05) is 11.8 Å². The van der Waals surface area contributed by atoms with Gasteiger partial charge in [0.2, 0.25) is 5.91 Å². The minimum Gasteiger partial charge on any atom is -0.373 e. The molecule has 184 valence electrons. The van der Waals surface area contributed by atoms with Gasteiger partial charge in [0.15, 0.2) is 5.17 Å². The lowest BCUT2D eigenvalue weighted by molar-refractivity contribution is -0.121. The van der Waals surface area contributed by atoms with Crippen LogP contribution in [0.2, 0.25) is 0 Å². The molecule has 3 unspecified atom stereocenters. The van der Waals surface area contributed by atoms with Crippen molar-refractivity contribution in [2.75, 3.05) is 44.6 Å². The number of nitrogens with one attached hydrogen (secondary N) is 2. The van der Waals surface area contributed by atoms with Crippen molar-refractivity contribution in [2.24, 2.45) is 4.99 Å². The number of benzene rings is 1. The summed E-state index contributed by atoms with van der Waals surface area (Å²) in [6.07, 6.45) is 2.70. The van der Waals surface area contributed by atoms with Gasteiger partial charge in [0.05, 0.1) is 12.2 Å². The van der Waals surface area contributed by atoms with Crippen LogP contribution in [0.25, 0.3) is 0 Å². The summed E-state index contributed by atoms with van der Waals surface area (Å²) >= 11 is 1.38. The van der Waals surface area contributed by atoms with Gasteiger partial charge in [-0.2, -0.15) is 4.99 Å². The average molecular weight is 488 g/mol. The van der Waals surface area contributed by atoms with Gasteiger partial charge in [-0.05, 0) is 51.0 Å². The Balaban J connectivity index is 1.19. The number of thioether (sulfide) groups is 1. The minimum absolute atomic E-state index is 0.0748. The largest absolute Gasteiger partial charge is 0.373 e. The van der Waals surface area contributed by atoms with Gasteiger partial charge < -0.3 is 20.3 Å². The first kappa shape index (κ1) is 24.7. The molecule has 3 amide bonds. The molecule has 0 spiro atoms. The fraction of sp³-hybridized carbons (Fsp3) is 0.583. The Morgan fingerprint density at radius 2 is 1.79 bits per heavy atom. The number of morpholine rings is 1. The molecule has 10 heteroatoms. The molecule has 3 aliphatic heterocycles. The van der Waals surface area contributed by atoms with Crippen LogP contribution >= 0.6 is 11.8 Å². The monoisotopic (exact) mass is 487 g/mol. The number of amidine groups is 1. The third-order valence-corrected chi connectivity index (χ3v) is 7.33. The Morgan fingerprint density at radius 1 is 1.12 bits per heavy atom. The van der Waals surface area contributed by atoms with Gasteiger partial charge in [-0.15, -0.1) is 0 Å². The van der Waals surface area contributed by atoms with Crippen molar-refractivity contribution in [1.82, 2.24) is 15.1 Å². The number of hydrogen-bond acceptors (Lipinski definition) is 7. The molecule has 2 fully saturated rings. The lowest BCUT2D eigenvalue weighted by Crippen LogP contribution is -2.47. The van der Waals surface area contributed by atoms with E-state index in [-0.39, 0.29) is 36.4 Å². The fourth-order valence-electron chi connectivity index (χ4n) is 4.53. The first-order valence-corrected chi connectivity index (χ1v) is 12.9. The summed E-state index contributed by atoms with van der Waals surface area (Å²) in [5.74, 6) is -0.628. The zero-order chi connectivity index (χ0) is 24.1. The maximum Gasteiger partial charge on any atom is 0.262 e. The summed E-state index contributed by atoms with van der Waals surface area (Å²) in [5.41, 5.74) is 1.13. The van der Waals surface area contributed by atoms with Gasteiger partial charge in [0.1, 0.15) is 5.25 Å². The highest BCUT2D eigenvalue weighted by Gasteiger charge is 2.33. The van der Waals surface area contributed by atoms with E-state index in [9.17, 15) is 14.4 Å². The summed E-state index contributed by atoms with van der Waals surface area (Å²) in [5, 5.41) is 6.04. The van der Waals surface area contributed by atoms with Crippen molar-refractivity contribution in [1.29, 1.82) is 0 Å². The van der Waals surface area contributed by atoms with E-state index in [0.29, 0.717) is 17.8 Å². The molecule has 3 heterocycles. The Morgan fingerprint density at radius 3 is 2.47 bits per heavy atom. The van der Waals surface area contributed by atoms with Crippen LogP contribution in [0.4, 0.5) is 5.69 Å². The molecular weight excluding hydrogens is 454 g/mol. The number of aliphatic imine (C=N–C) groups is 1. The topological polar surface area (TPSA) is 103 Å². The molecule has 3 aliphatic rings. The van der Waals surface area contributed by atoms with Crippen LogP contribution in [0.15, 0.2) is 29.3 Å². The molecule has 34 heavy (non-hydrogen) atoms. The molecule has 0 saturated carbocycles. The fourth-order valence-corrected chi connectivity index (χ4v) is 5.65. The third kappa shape index (κ3) is 6.58. The quantitative estimate of drug-likeness (QED) is 0.606. The van der Waals surface area contributed by atoms with E-state index in [1.165, 1.54) is 11.8 Å². The van der Waals surface area contributed by atoms with Crippen LogP contribution in [0, 0.1) is 0 Å². The summed E-state index contributed by atoms with van der Waals surface area (Å²) in [6, 6.07) is 6.78. The number of rotatable bonds is 7. The van der Waals surface area contributed by atoms with Crippen molar-refractivity contribution in [3.05, 3.63) is 29.8 Å². The lowest BCUT2D eigenvalue weighted by atomic mass is 10.2. The van der Waals surface area contributed by atoms with E-state index in [1.54, 1.807) is 24.3 Å². The van der Waals surface area contributed by atoms with E-state index < -0.39 is 5.25 Å². The average Bonchev–Trinajstić information content (AvgIpc) is 3.44. The zero-order valence-electron chi connectivity index (χ0n) is 19.8. The molecule has 0 aliphatic carbocycles. The minimum atomic E-state index is -0.474. The summed E-state index contributed by atoms with van der Waals surface area (Å²) in [7, 11) is 0. The van der Waals surface area contributed by atoms with E-state index in [0.717, 1.165) is 50.7 Å². The van der Waals surface area contributed by atoms with E-state index in [4.69, 9.17) is 4.74 Å². The molecule has 4 rings (SSSR count). The maximum absolute atomic E-state index is 12.5. The van der Waals surface area contributed by atoms with Crippen LogP contribution in [-0.2, 0) is 14.3 Å². The maximum atomic E-state index is 12.5. The second-order valence-electron chi connectivity index (χ2n) is 9.14. The van der Waals surface area contributed by atoms with Crippen molar-refractivity contribution >= 4 is 40.3 Å². The number of nitrogens with zero attached hydrogens (tertiary/aromatic N) is 3. The first-order valence-electron chi connectivity index (χ1n) is 12.0. The third-order valence-electron chi connectivity index (χ3n) is 6.12. The number of likely N-dealkylation sites (tertiary alicyclic amines) is 1. The summed E-state index contributed by atoms with van der Waals surface area (Å²) in [6.45, 7) is 9.03. The Bertz CT molecular complexity index is 922. The van der Waals surface area contributed by atoms with Gasteiger partial charge in [-0.3, -0.25) is 19.3 Å². The molecular formula is C24H33N5O4S. The Hall–Kier alpha value is -2.43. The highest BCUT2D eigenvalue weighted by molar-refractivity contribution is 8.15. The SMILES string of the molecule is CC1CN(CCNC(=O)c2ccc(NC(=O)CC3SC(N4CCCC4)=NC3=O)cc2)CC(C)O1. The highest BCUT2D eigenvalue weighted by atomic mass is 32.2. The molecule has 0 aromatic heterocycles. The predicted octanol–water partition coefficient (Wildman–Crippen LogP) is 1.95. The van der Waals surface area contributed by atoms with E-state index in [1.807, 2.05) is 0 Å². The van der Waals surface area contributed by atoms with Gasteiger partial charge >= 0.3 is 0 Å². The van der Waals surface area contributed by atoms with Crippen LogP contribution in [0.1, 0.15) is 43.5 Å². The molecule has 9 nitrogen and oxygen atoms in total.